The van der Waals surface area contributed by atoms with Gasteiger partial charge in [0.05, 0.1) is 26.4 Å². The monoisotopic (exact) mass is 1380 g/mol. The van der Waals surface area contributed by atoms with Gasteiger partial charge in [-0.25, -0.2) is 9.13 Å². The number of esters is 4. The van der Waals surface area contributed by atoms with E-state index in [1.807, 2.05) is 0 Å². The Kier molecular flexibility index (Phi) is 63.1. The van der Waals surface area contributed by atoms with Gasteiger partial charge in [0, 0.05) is 25.7 Å². The van der Waals surface area contributed by atoms with Crippen molar-refractivity contribution in [2.45, 2.75) is 395 Å². The maximum atomic E-state index is 13.1. The number of carbonyl (C=O) groups is 4. The summed E-state index contributed by atoms with van der Waals surface area (Å²) in [7, 11) is -9.91. The highest BCUT2D eigenvalue weighted by atomic mass is 31.2. The lowest BCUT2D eigenvalue weighted by Gasteiger charge is -2.21. The minimum absolute atomic E-state index is 0.102. The Bertz CT molecular complexity index is 1850. The molecule has 0 heterocycles. The fourth-order valence-electron chi connectivity index (χ4n) is 11.3. The SMILES string of the molecule is CCC(C)CCCCCCCCCCCCCCCCCCCCC(=O)O[C@H](COC(=O)CCCCCCCCCC(C)C)COP(=O)(O)OCC(O)COP(=O)(O)OC[C@@H](COC(=O)CCCCCCCCCCCC(C)C)OC(=O)CCCCCCCCC(C)CC. The molecule has 558 valence electrons. The molecule has 7 atom stereocenters. The van der Waals surface area contributed by atoms with E-state index in [1.165, 1.54) is 173 Å². The molecule has 0 aliphatic rings. The van der Waals surface area contributed by atoms with E-state index in [-0.39, 0.29) is 25.7 Å². The summed E-state index contributed by atoms with van der Waals surface area (Å²) in [5.41, 5.74) is 0. The van der Waals surface area contributed by atoms with Crippen molar-refractivity contribution in [3.63, 3.8) is 0 Å². The van der Waals surface area contributed by atoms with Crippen molar-refractivity contribution in [3.05, 3.63) is 0 Å². The van der Waals surface area contributed by atoms with Gasteiger partial charge >= 0.3 is 39.5 Å². The lowest BCUT2D eigenvalue weighted by atomic mass is 9.99. The zero-order valence-electron chi connectivity index (χ0n) is 61.6. The van der Waals surface area contributed by atoms with Crippen LogP contribution >= 0.6 is 15.6 Å². The topological polar surface area (TPSA) is 237 Å². The number of phosphoric acid groups is 2. The fourth-order valence-corrected chi connectivity index (χ4v) is 12.9. The molecule has 0 amide bonds. The van der Waals surface area contributed by atoms with Crippen LogP contribution in [0, 0.1) is 23.7 Å². The molecule has 19 heteroatoms. The summed E-state index contributed by atoms with van der Waals surface area (Å²) in [5, 5.41) is 10.6. The number of hydrogen-bond donors (Lipinski definition) is 3. The van der Waals surface area contributed by atoms with E-state index in [1.54, 1.807) is 0 Å². The molecule has 0 saturated carbocycles. The number of phosphoric ester groups is 2. The molecule has 17 nitrogen and oxygen atoms in total. The second kappa shape index (κ2) is 64.4. The first-order valence-corrected chi connectivity index (χ1v) is 41.8. The summed E-state index contributed by atoms with van der Waals surface area (Å²) < 4.78 is 68.4. The van der Waals surface area contributed by atoms with Crippen molar-refractivity contribution in [3.8, 4) is 0 Å². The van der Waals surface area contributed by atoms with Crippen LogP contribution in [-0.4, -0.2) is 96.7 Å². The van der Waals surface area contributed by atoms with Gasteiger partial charge in [0.15, 0.2) is 12.2 Å². The van der Waals surface area contributed by atoms with Crippen LogP contribution in [0.5, 0.6) is 0 Å². The number of rotatable bonds is 72. The lowest BCUT2D eigenvalue weighted by Crippen LogP contribution is -2.30. The standard InChI is InChI=1S/C75H146O17P2/c1-9-67(7)53-45-37-29-23-19-17-15-13-11-12-14-16-18-20-24-31-41-49-57-74(79)91-70(61-86-73(78)56-48-40-32-26-28-36-44-52-66(5)6)63-89-93(81,82)87-59-69(76)60-88-94(83,84)90-64-71(92-75(80)58-50-42-34-33-38-46-54-68(8)10-2)62-85-72(77)55-47-39-30-25-21-22-27-35-43-51-65(3)4/h65-71,76H,9-64H2,1-8H3,(H,81,82)(H,83,84)/t67?,68?,69?,70-,71-/m1/s1. The summed E-state index contributed by atoms with van der Waals surface area (Å²) >= 11 is 0. The number of aliphatic hydroxyl groups excluding tert-OH is 1. The van der Waals surface area contributed by atoms with Gasteiger partial charge in [-0.2, -0.15) is 0 Å². The second-order valence-corrected chi connectivity index (χ2v) is 31.4. The molecule has 0 aromatic heterocycles. The Hall–Kier alpha value is -1.94. The van der Waals surface area contributed by atoms with Gasteiger partial charge in [0.25, 0.3) is 0 Å². The van der Waals surface area contributed by atoms with Gasteiger partial charge in [-0.3, -0.25) is 37.3 Å². The van der Waals surface area contributed by atoms with E-state index < -0.39 is 97.5 Å². The molecule has 0 aliphatic carbocycles. The van der Waals surface area contributed by atoms with Crippen molar-refractivity contribution in [2.75, 3.05) is 39.6 Å². The molecule has 0 fully saturated rings. The van der Waals surface area contributed by atoms with E-state index in [4.69, 9.17) is 37.0 Å². The van der Waals surface area contributed by atoms with Crippen molar-refractivity contribution in [1.82, 2.24) is 0 Å². The van der Waals surface area contributed by atoms with Gasteiger partial charge in [0.1, 0.15) is 19.3 Å². The quantitative estimate of drug-likeness (QED) is 0.0222. The summed E-state index contributed by atoms with van der Waals surface area (Å²) in [6.45, 7) is 14.1. The average molecular weight is 1380 g/mol. The average Bonchev–Trinajstić information content (AvgIpc) is 3.66. The summed E-state index contributed by atoms with van der Waals surface area (Å²) in [6, 6.07) is 0. The lowest BCUT2D eigenvalue weighted by molar-refractivity contribution is -0.161. The van der Waals surface area contributed by atoms with E-state index in [0.29, 0.717) is 31.6 Å². The predicted octanol–water partition coefficient (Wildman–Crippen LogP) is 21.7. The van der Waals surface area contributed by atoms with E-state index in [2.05, 4.69) is 55.4 Å². The van der Waals surface area contributed by atoms with Crippen molar-refractivity contribution in [2.24, 2.45) is 23.7 Å². The molecule has 0 spiro atoms. The third-order valence-electron chi connectivity index (χ3n) is 18.0. The Morgan fingerprint density at radius 2 is 0.511 bits per heavy atom. The zero-order valence-corrected chi connectivity index (χ0v) is 63.4. The number of hydrogen-bond acceptors (Lipinski definition) is 15. The zero-order chi connectivity index (χ0) is 69.6. The van der Waals surface area contributed by atoms with Gasteiger partial charge in [-0.05, 0) is 49.4 Å². The van der Waals surface area contributed by atoms with Gasteiger partial charge in [-0.15, -0.1) is 0 Å². The van der Waals surface area contributed by atoms with Crippen LogP contribution in [-0.2, 0) is 65.4 Å². The number of unbranched alkanes of at least 4 members (excludes halogenated alkanes) is 36. The Labute approximate surface area is 575 Å². The molecule has 0 rings (SSSR count). The van der Waals surface area contributed by atoms with Crippen LogP contribution in [0.1, 0.15) is 376 Å². The fraction of sp³-hybridized carbons (Fsp3) is 0.947. The predicted molar refractivity (Wildman–Crippen MR) is 381 cm³/mol. The highest BCUT2D eigenvalue weighted by molar-refractivity contribution is 7.47. The van der Waals surface area contributed by atoms with Gasteiger partial charge in [0.2, 0.25) is 0 Å². The van der Waals surface area contributed by atoms with Crippen LogP contribution in [0.4, 0.5) is 0 Å². The first-order valence-electron chi connectivity index (χ1n) is 38.8. The van der Waals surface area contributed by atoms with Crippen LogP contribution < -0.4 is 0 Å². The molecule has 0 aromatic carbocycles. The van der Waals surface area contributed by atoms with Crippen LogP contribution in [0.3, 0.4) is 0 Å². The Balaban J connectivity index is 5.16. The smallest absolute Gasteiger partial charge is 0.462 e. The maximum Gasteiger partial charge on any atom is 0.472 e. The third-order valence-corrected chi connectivity index (χ3v) is 19.9. The number of aliphatic hydroxyl groups is 1. The molecule has 5 unspecified atom stereocenters. The van der Waals surface area contributed by atoms with Crippen LogP contribution in [0.15, 0.2) is 0 Å². The maximum absolute atomic E-state index is 13.1. The molecule has 0 aliphatic heterocycles. The minimum Gasteiger partial charge on any atom is -0.462 e. The minimum atomic E-state index is -4.96. The van der Waals surface area contributed by atoms with E-state index in [9.17, 15) is 43.2 Å². The first-order chi connectivity index (χ1) is 45.2. The van der Waals surface area contributed by atoms with Crippen LogP contribution in [0.2, 0.25) is 0 Å². The molecule has 3 N–H and O–H groups in total. The molecule has 0 radical (unpaired) electrons. The summed E-state index contributed by atoms with van der Waals surface area (Å²) in [5.74, 6) is 0.912. The normalized spacial score (nSPS) is 14.7. The van der Waals surface area contributed by atoms with Crippen LogP contribution in [0.25, 0.3) is 0 Å². The van der Waals surface area contributed by atoms with Gasteiger partial charge < -0.3 is 33.8 Å². The summed E-state index contributed by atoms with van der Waals surface area (Å²) in [4.78, 5) is 72.7. The van der Waals surface area contributed by atoms with Crippen molar-refractivity contribution in [1.29, 1.82) is 0 Å². The van der Waals surface area contributed by atoms with E-state index >= 15 is 0 Å². The molecule has 0 aromatic rings. The van der Waals surface area contributed by atoms with Crippen molar-refractivity contribution >= 4 is 39.5 Å². The molecule has 94 heavy (non-hydrogen) atoms. The highest BCUT2D eigenvalue weighted by Gasteiger charge is 2.30. The Morgan fingerprint density at radius 3 is 0.755 bits per heavy atom. The Morgan fingerprint density at radius 1 is 0.298 bits per heavy atom. The van der Waals surface area contributed by atoms with E-state index in [0.717, 1.165) is 114 Å². The molecular formula is C75H146O17P2. The largest absolute Gasteiger partial charge is 0.472 e. The summed E-state index contributed by atoms with van der Waals surface area (Å²) in [6.07, 6.45) is 48.8. The second-order valence-electron chi connectivity index (χ2n) is 28.5. The first kappa shape index (κ1) is 92.1. The molecule has 0 bridgehead atoms. The number of ether oxygens (including phenoxy) is 4. The van der Waals surface area contributed by atoms with Gasteiger partial charge in [-0.1, -0.05) is 325 Å². The molecule has 0 saturated heterocycles. The third kappa shape index (κ3) is 66.0. The van der Waals surface area contributed by atoms with Crippen molar-refractivity contribution < 1.29 is 80.2 Å². The number of carbonyl (C=O) groups excluding carboxylic acids is 4. The molecular weight excluding hydrogens is 1230 g/mol. The highest BCUT2D eigenvalue weighted by Crippen LogP contribution is 2.45.